The molecule has 0 aliphatic carbocycles. The number of pyridine rings is 1. The Balaban J connectivity index is 2.25. The molecule has 2 aromatic heterocycles. The summed E-state index contributed by atoms with van der Waals surface area (Å²) in [6.45, 7) is 0. The van der Waals surface area contributed by atoms with E-state index in [-0.39, 0.29) is 11.6 Å². The number of nitrogens with two attached hydrogens (primary N) is 1. The molecule has 0 fully saturated rings. The minimum atomic E-state index is -0.361. The number of ether oxygens (including phenoxy) is 1. The van der Waals surface area contributed by atoms with Gasteiger partial charge in [-0.15, -0.1) is 0 Å². The van der Waals surface area contributed by atoms with Crippen molar-refractivity contribution in [3.8, 4) is 28.1 Å². The van der Waals surface area contributed by atoms with E-state index in [1.165, 1.54) is 6.07 Å². The molecule has 0 unspecified atom stereocenters. The van der Waals surface area contributed by atoms with Gasteiger partial charge in [-0.05, 0) is 12.1 Å². The predicted octanol–water partition coefficient (Wildman–Crippen LogP) is 2.87. The zero-order valence-electron chi connectivity index (χ0n) is 11.3. The first-order valence-electron chi connectivity index (χ1n) is 6.29. The molecule has 3 rings (SSSR count). The van der Waals surface area contributed by atoms with E-state index in [9.17, 15) is 4.39 Å². The van der Waals surface area contributed by atoms with Crippen molar-refractivity contribution >= 4 is 5.82 Å². The van der Waals surface area contributed by atoms with Gasteiger partial charge in [0.2, 0.25) is 0 Å². The van der Waals surface area contributed by atoms with Crippen LogP contribution in [0.4, 0.5) is 10.2 Å². The highest BCUT2D eigenvalue weighted by molar-refractivity contribution is 5.89. The summed E-state index contributed by atoms with van der Waals surface area (Å²) in [4.78, 5) is 4.00. The molecule has 106 valence electrons. The normalized spacial score (nSPS) is 10.6. The second-order valence-electron chi connectivity index (χ2n) is 4.41. The molecule has 3 aromatic rings. The molecule has 0 saturated carbocycles. The molecule has 0 amide bonds. The summed E-state index contributed by atoms with van der Waals surface area (Å²) < 4.78 is 19.4. The average Bonchev–Trinajstić information content (AvgIpc) is 2.89. The number of hydrogen-bond acceptors (Lipinski definition) is 4. The van der Waals surface area contributed by atoms with E-state index >= 15 is 0 Å². The van der Waals surface area contributed by atoms with E-state index in [0.717, 1.165) is 5.56 Å². The molecule has 0 spiro atoms. The van der Waals surface area contributed by atoms with Gasteiger partial charge in [0.1, 0.15) is 11.6 Å². The van der Waals surface area contributed by atoms with Gasteiger partial charge in [-0.3, -0.25) is 10.1 Å². The van der Waals surface area contributed by atoms with Crippen LogP contribution in [0.15, 0.2) is 42.7 Å². The van der Waals surface area contributed by atoms with Gasteiger partial charge in [-0.25, -0.2) is 4.39 Å². The molecule has 0 radical (unpaired) electrons. The number of nitrogens with one attached hydrogen (secondary N) is 1. The highest BCUT2D eigenvalue weighted by Gasteiger charge is 2.19. The van der Waals surface area contributed by atoms with E-state index < -0.39 is 0 Å². The van der Waals surface area contributed by atoms with Crippen molar-refractivity contribution < 1.29 is 9.13 Å². The van der Waals surface area contributed by atoms with Crippen LogP contribution >= 0.6 is 0 Å². The molecular formula is C15H13FN4O. The van der Waals surface area contributed by atoms with E-state index in [4.69, 9.17) is 10.5 Å². The number of aromatic nitrogens is 3. The second-order valence-corrected chi connectivity index (χ2v) is 4.41. The number of halogens is 1. The van der Waals surface area contributed by atoms with Crippen LogP contribution in [-0.4, -0.2) is 22.3 Å². The van der Waals surface area contributed by atoms with Gasteiger partial charge in [0.05, 0.1) is 24.6 Å². The van der Waals surface area contributed by atoms with Crippen molar-refractivity contribution in [1.29, 1.82) is 0 Å². The van der Waals surface area contributed by atoms with E-state index in [1.54, 1.807) is 43.8 Å². The summed E-state index contributed by atoms with van der Waals surface area (Å²) in [5.41, 5.74) is 8.12. The Morgan fingerprint density at radius 1 is 1.19 bits per heavy atom. The van der Waals surface area contributed by atoms with E-state index in [1.807, 2.05) is 0 Å². The minimum absolute atomic E-state index is 0.231. The third-order valence-corrected chi connectivity index (χ3v) is 3.21. The third-order valence-electron chi connectivity index (χ3n) is 3.21. The zero-order chi connectivity index (χ0) is 14.8. The fourth-order valence-electron chi connectivity index (χ4n) is 2.24. The molecule has 0 atom stereocenters. The van der Waals surface area contributed by atoms with Crippen LogP contribution in [0.1, 0.15) is 0 Å². The summed E-state index contributed by atoms with van der Waals surface area (Å²) >= 11 is 0. The number of nitrogen functional groups attached to an aromatic ring is 1. The lowest BCUT2D eigenvalue weighted by atomic mass is 10.0. The fourth-order valence-corrected chi connectivity index (χ4v) is 2.24. The maximum atomic E-state index is 14.1. The van der Waals surface area contributed by atoms with E-state index in [0.29, 0.717) is 22.6 Å². The number of hydrogen-bond donors (Lipinski definition) is 2. The third kappa shape index (κ3) is 2.20. The Bertz CT molecular complexity index is 785. The molecule has 6 heteroatoms. The van der Waals surface area contributed by atoms with Gasteiger partial charge < -0.3 is 10.5 Å². The summed E-state index contributed by atoms with van der Waals surface area (Å²) in [6, 6.07) is 8.18. The number of nitrogens with zero attached hydrogens (tertiary/aromatic N) is 2. The molecule has 2 heterocycles. The van der Waals surface area contributed by atoms with Crippen LogP contribution in [-0.2, 0) is 0 Å². The van der Waals surface area contributed by atoms with Gasteiger partial charge in [0, 0.05) is 17.3 Å². The first-order chi connectivity index (χ1) is 10.2. The van der Waals surface area contributed by atoms with Crippen molar-refractivity contribution in [1.82, 2.24) is 15.2 Å². The number of anilines is 1. The lowest BCUT2D eigenvalue weighted by Gasteiger charge is -2.09. The van der Waals surface area contributed by atoms with Gasteiger partial charge >= 0.3 is 0 Å². The van der Waals surface area contributed by atoms with Gasteiger partial charge in [0.25, 0.3) is 0 Å². The summed E-state index contributed by atoms with van der Waals surface area (Å²) in [7, 11) is 1.54. The van der Waals surface area contributed by atoms with Crippen LogP contribution in [0.25, 0.3) is 22.4 Å². The van der Waals surface area contributed by atoms with Crippen LogP contribution < -0.4 is 10.5 Å². The van der Waals surface area contributed by atoms with Crippen LogP contribution in [0.5, 0.6) is 5.75 Å². The number of H-pyrrole nitrogens is 1. The van der Waals surface area contributed by atoms with Crippen LogP contribution in [0.2, 0.25) is 0 Å². The lowest BCUT2D eigenvalue weighted by molar-refractivity contribution is 0.414. The number of rotatable bonds is 3. The Morgan fingerprint density at radius 3 is 2.76 bits per heavy atom. The van der Waals surface area contributed by atoms with Crippen molar-refractivity contribution in [3.05, 3.63) is 48.5 Å². The number of aromatic amines is 1. The fraction of sp³-hybridized carbons (Fsp3) is 0.0667. The molecular weight excluding hydrogens is 271 g/mol. The maximum absolute atomic E-state index is 14.1. The molecule has 1 aromatic carbocycles. The van der Waals surface area contributed by atoms with E-state index in [2.05, 4.69) is 15.2 Å². The molecule has 5 nitrogen and oxygen atoms in total. The number of benzene rings is 1. The summed E-state index contributed by atoms with van der Waals surface area (Å²) in [5.74, 6) is 0.424. The highest BCUT2D eigenvalue weighted by atomic mass is 19.1. The Labute approximate surface area is 120 Å². The molecule has 0 bridgehead atoms. The van der Waals surface area contributed by atoms with Gasteiger partial charge in [-0.2, -0.15) is 5.10 Å². The summed E-state index contributed by atoms with van der Waals surface area (Å²) in [6.07, 6.45) is 3.21. The smallest absolute Gasteiger partial charge is 0.153 e. The van der Waals surface area contributed by atoms with Crippen molar-refractivity contribution in [3.63, 3.8) is 0 Å². The van der Waals surface area contributed by atoms with Crippen LogP contribution in [0.3, 0.4) is 0 Å². The Hall–Kier alpha value is -2.89. The first-order valence-corrected chi connectivity index (χ1v) is 6.29. The SMILES string of the molecule is COc1cnccc1-c1[nH]nc(N)c1-c1ccccc1F. The Kier molecular flexibility index (Phi) is 3.27. The quantitative estimate of drug-likeness (QED) is 0.775. The molecule has 0 saturated heterocycles. The van der Waals surface area contributed by atoms with Crippen molar-refractivity contribution in [2.24, 2.45) is 0 Å². The molecule has 21 heavy (non-hydrogen) atoms. The topological polar surface area (TPSA) is 76.8 Å². The number of methoxy groups -OCH3 is 1. The largest absolute Gasteiger partial charge is 0.494 e. The Morgan fingerprint density at radius 2 is 2.00 bits per heavy atom. The maximum Gasteiger partial charge on any atom is 0.153 e. The summed E-state index contributed by atoms with van der Waals surface area (Å²) in [5, 5.41) is 6.84. The van der Waals surface area contributed by atoms with Crippen molar-refractivity contribution in [2.45, 2.75) is 0 Å². The lowest BCUT2D eigenvalue weighted by Crippen LogP contribution is -1.93. The highest BCUT2D eigenvalue weighted by Crippen LogP contribution is 2.39. The average molecular weight is 284 g/mol. The van der Waals surface area contributed by atoms with Gasteiger partial charge in [0.15, 0.2) is 5.82 Å². The second kappa shape index (κ2) is 5.24. The predicted molar refractivity (Wildman–Crippen MR) is 78.2 cm³/mol. The first kappa shape index (κ1) is 13.1. The van der Waals surface area contributed by atoms with Crippen LogP contribution in [0, 0.1) is 5.82 Å². The standard InChI is InChI=1S/C15H13FN4O/c1-21-12-8-18-7-6-10(12)14-13(15(17)20-19-14)9-4-2-3-5-11(9)16/h2-8H,1H3,(H3,17,19,20). The van der Waals surface area contributed by atoms with Gasteiger partial charge in [-0.1, -0.05) is 18.2 Å². The zero-order valence-corrected chi connectivity index (χ0v) is 11.3. The monoisotopic (exact) mass is 284 g/mol. The molecule has 0 aliphatic heterocycles. The molecule has 0 aliphatic rings. The van der Waals surface area contributed by atoms with Crippen molar-refractivity contribution in [2.75, 3.05) is 12.8 Å². The minimum Gasteiger partial charge on any atom is -0.494 e. The molecule has 3 N–H and O–H groups in total.